The second kappa shape index (κ2) is 6.31. The molecule has 0 bridgehead atoms. The molecule has 0 aliphatic heterocycles. The van der Waals surface area contributed by atoms with Crippen LogP contribution in [0.2, 0.25) is 0 Å². The van der Waals surface area contributed by atoms with Crippen molar-refractivity contribution in [3.05, 3.63) is 53.1 Å². The van der Waals surface area contributed by atoms with Gasteiger partial charge in [0.25, 0.3) is 0 Å². The van der Waals surface area contributed by atoms with Gasteiger partial charge in [0.1, 0.15) is 11.4 Å². The number of phenolic OH excluding ortho intramolecular Hbond substituents is 1. The Morgan fingerprint density at radius 2 is 1.42 bits per heavy atom. The molecule has 0 saturated carbocycles. The predicted molar refractivity (Wildman–Crippen MR) is 98.6 cm³/mol. The molecule has 0 aliphatic carbocycles. The van der Waals surface area contributed by atoms with E-state index in [1.807, 2.05) is 59.7 Å². The molecule has 3 heteroatoms. The molecule has 0 aliphatic rings. The number of benzene rings is 2. The summed E-state index contributed by atoms with van der Waals surface area (Å²) in [5.41, 5.74) is 2.47. The fourth-order valence-electron chi connectivity index (χ4n) is 2.56. The molecule has 1 N–H and O–H groups in total. The van der Waals surface area contributed by atoms with E-state index in [0.717, 1.165) is 16.7 Å². The maximum absolute atomic E-state index is 12.9. The summed E-state index contributed by atoms with van der Waals surface area (Å²) in [7, 11) is 0. The highest BCUT2D eigenvalue weighted by atomic mass is 16.3. The van der Waals surface area contributed by atoms with E-state index in [2.05, 4.69) is 4.99 Å². The van der Waals surface area contributed by atoms with Gasteiger partial charge in [0, 0.05) is 6.21 Å². The molecular formula is C21H26NO2-. The van der Waals surface area contributed by atoms with Crippen LogP contribution in [0.3, 0.4) is 0 Å². The molecule has 0 spiro atoms. The topological polar surface area (TPSA) is 55.7 Å². The first-order valence-electron chi connectivity index (χ1n) is 8.18. The van der Waals surface area contributed by atoms with Crippen molar-refractivity contribution >= 4 is 11.9 Å². The van der Waals surface area contributed by atoms with Gasteiger partial charge in [-0.2, -0.15) is 0 Å². The van der Waals surface area contributed by atoms with Gasteiger partial charge in [0.15, 0.2) is 0 Å². The minimum atomic E-state index is -0.240. The average Bonchev–Trinajstić information content (AvgIpc) is 2.45. The minimum Gasteiger partial charge on any atom is -0.872 e. The molecule has 0 atom stereocenters. The first-order valence-corrected chi connectivity index (χ1v) is 8.18. The van der Waals surface area contributed by atoms with Crippen LogP contribution in [0, 0.1) is 0 Å². The molecule has 2 rings (SSSR count). The van der Waals surface area contributed by atoms with Gasteiger partial charge in [-0.05, 0) is 39.7 Å². The number of para-hydroxylation sites is 2. The van der Waals surface area contributed by atoms with E-state index < -0.39 is 0 Å². The summed E-state index contributed by atoms with van der Waals surface area (Å²) in [6.45, 7) is 12.3. The average molecular weight is 324 g/mol. The predicted octanol–water partition coefficient (Wildman–Crippen LogP) is 4.81. The molecule has 0 heterocycles. The Kier molecular flexibility index (Phi) is 4.75. The van der Waals surface area contributed by atoms with E-state index in [1.54, 1.807) is 24.4 Å². The molecule has 0 fully saturated rings. The third-order valence-electron chi connectivity index (χ3n) is 3.96. The van der Waals surface area contributed by atoms with Crippen LogP contribution in [-0.4, -0.2) is 11.3 Å². The zero-order valence-electron chi connectivity index (χ0n) is 15.3. The molecule has 0 unspecified atom stereocenters. The van der Waals surface area contributed by atoms with Crippen molar-refractivity contribution in [1.82, 2.24) is 0 Å². The minimum absolute atomic E-state index is 0.106. The largest absolute Gasteiger partial charge is 0.872 e. The molecule has 2 aromatic rings. The van der Waals surface area contributed by atoms with Crippen LogP contribution in [0.1, 0.15) is 58.2 Å². The standard InChI is InChI=1S/C21H27NO2/c1-20(2,3)15-11-14(12-16(19(15)24)21(4,5)6)13-22-17-9-7-8-10-18(17)23/h7-13,23-24H,1-6H3/p-1. The van der Waals surface area contributed by atoms with Gasteiger partial charge in [-0.3, -0.25) is 4.99 Å². The Hall–Kier alpha value is -2.29. The fourth-order valence-corrected chi connectivity index (χ4v) is 2.56. The second-order valence-electron chi connectivity index (χ2n) is 8.19. The van der Waals surface area contributed by atoms with Gasteiger partial charge in [-0.1, -0.05) is 65.8 Å². The molecule has 2 aromatic carbocycles. The van der Waals surface area contributed by atoms with Gasteiger partial charge in [-0.15, -0.1) is 5.75 Å². The number of phenols is 1. The molecule has 3 nitrogen and oxygen atoms in total. The Morgan fingerprint density at radius 1 is 0.917 bits per heavy atom. The van der Waals surface area contributed by atoms with E-state index in [1.165, 1.54) is 0 Å². The molecule has 0 saturated heterocycles. The summed E-state index contributed by atoms with van der Waals surface area (Å²) in [4.78, 5) is 4.37. The van der Waals surface area contributed by atoms with Gasteiger partial charge in [0.2, 0.25) is 0 Å². The summed E-state index contributed by atoms with van der Waals surface area (Å²) >= 11 is 0. The first kappa shape index (κ1) is 18.1. The van der Waals surface area contributed by atoms with Crippen LogP contribution in [-0.2, 0) is 10.8 Å². The van der Waals surface area contributed by atoms with Gasteiger partial charge in [-0.25, -0.2) is 0 Å². The zero-order chi connectivity index (χ0) is 18.1. The van der Waals surface area contributed by atoms with Crippen molar-refractivity contribution in [3.63, 3.8) is 0 Å². The van der Waals surface area contributed by atoms with Crippen molar-refractivity contribution in [2.24, 2.45) is 4.99 Å². The van der Waals surface area contributed by atoms with Gasteiger partial charge in [0.05, 0.1) is 0 Å². The zero-order valence-corrected chi connectivity index (χ0v) is 15.3. The first-order chi connectivity index (χ1) is 11.0. The number of hydrogen-bond donors (Lipinski definition) is 1. The van der Waals surface area contributed by atoms with Gasteiger partial charge >= 0.3 is 0 Å². The number of hydrogen-bond acceptors (Lipinski definition) is 3. The lowest BCUT2D eigenvalue weighted by molar-refractivity contribution is -0.271. The van der Waals surface area contributed by atoms with Crippen molar-refractivity contribution in [3.8, 4) is 11.5 Å². The lowest BCUT2D eigenvalue weighted by atomic mass is 9.78. The molecule has 128 valence electrons. The Bertz CT molecular complexity index is 727. The summed E-state index contributed by atoms with van der Waals surface area (Å²) in [5, 5.41) is 22.7. The molecule has 0 aromatic heterocycles. The van der Waals surface area contributed by atoms with Crippen LogP contribution in [0.15, 0.2) is 41.4 Å². The Balaban J connectivity index is 2.57. The smallest absolute Gasteiger partial charge is 0.141 e. The lowest BCUT2D eigenvalue weighted by Gasteiger charge is -2.33. The van der Waals surface area contributed by atoms with E-state index in [-0.39, 0.29) is 22.3 Å². The van der Waals surface area contributed by atoms with Crippen LogP contribution >= 0.6 is 0 Å². The van der Waals surface area contributed by atoms with E-state index >= 15 is 0 Å². The second-order valence-corrected chi connectivity index (χ2v) is 8.19. The monoisotopic (exact) mass is 324 g/mol. The van der Waals surface area contributed by atoms with Gasteiger partial charge < -0.3 is 10.2 Å². The van der Waals surface area contributed by atoms with Crippen molar-refractivity contribution in [2.75, 3.05) is 0 Å². The van der Waals surface area contributed by atoms with Crippen LogP contribution in [0.4, 0.5) is 5.69 Å². The van der Waals surface area contributed by atoms with Crippen molar-refractivity contribution in [2.45, 2.75) is 52.4 Å². The number of nitrogens with zero attached hydrogens (tertiary/aromatic N) is 1. The molecule has 24 heavy (non-hydrogen) atoms. The van der Waals surface area contributed by atoms with Crippen LogP contribution in [0.25, 0.3) is 0 Å². The SMILES string of the molecule is CC(C)(C)c1cc(C=Nc2ccccc2O)cc(C(C)(C)C)c1[O-]. The van der Waals surface area contributed by atoms with Crippen molar-refractivity contribution in [1.29, 1.82) is 0 Å². The quantitative estimate of drug-likeness (QED) is 0.806. The highest BCUT2D eigenvalue weighted by Crippen LogP contribution is 2.38. The normalized spacial score (nSPS) is 12.8. The fraction of sp³-hybridized carbons (Fsp3) is 0.381. The Labute approximate surface area is 144 Å². The Morgan fingerprint density at radius 3 is 1.88 bits per heavy atom. The van der Waals surface area contributed by atoms with E-state index in [4.69, 9.17) is 0 Å². The lowest BCUT2D eigenvalue weighted by Crippen LogP contribution is -2.21. The van der Waals surface area contributed by atoms with E-state index in [9.17, 15) is 10.2 Å². The van der Waals surface area contributed by atoms with Crippen molar-refractivity contribution < 1.29 is 10.2 Å². The summed E-state index contributed by atoms with van der Waals surface area (Å²) < 4.78 is 0. The maximum Gasteiger partial charge on any atom is 0.141 e. The number of rotatable bonds is 2. The summed E-state index contributed by atoms with van der Waals surface area (Å²) in [6, 6.07) is 10.8. The van der Waals surface area contributed by atoms with Crippen LogP contribution in [0.5, 0.6) is 11.5 Å². The summed E-state index contributed by atoms with van der Waals surface area (Å²) in [5.74, 6) is 0.246. The number of aromatic hydroxyl groups is 1. The third kappa shape index (κ3) is 3.97. The third-order valence-corrected chi connectivity index (χ3v) is 3.96. The highest BCUT2D eigenvalue weighted by Gasteiger charge is 2.22. The summed E-state index contributed by atoms with van der Waals surface area (Å²) in [6.07, 6.45) is 1.71. The maximum atomic E-state index is 12.9. The molecule has 0 radical (unpaired) electrons. The van der Waals surface area contributed by atoms with E-state index in [0.29, 0.717) is 5.69 Å². The highest BCUT2D eigenvalue weighted by molar-refractivity contribution is 5.84. The molecule has 0 amide bonds. The molecular weight excluding hydrogens is 298 g/mol. The number of aliphatic imine (C=N–C) groups is 1. The van der Waals surface area contributed by atoms with Crippen LogP contribution < -0.4 is 5.11 Å².